The molecule has 1 aromatic rings. The summed E-state index contributed by atoms with van der Waals surface area (Å²) in [6, 6.07) is 2.47. The number of rotatable bonds is 4. The molecule has 1 saturated carbocycles. The van der Waals surface area contributed by atoms with Crippen LogP contribution in [0.2, 0.25) is 0 Å². The lowest BCUT2D eigenvalue weighted by Crippen LogP contribution is -2.40. The molecule has 0 saturated heterocycles. The number of nitrogens with one attached hydrogen (secondary N) is 1. The molecule has 1 fully saturated rings. The van der Waals surface area contributed by atoms with Crippen molar-refractivity contribution in [3.05, 3.63) is 29.1 Å². The van der Waals surface area contributed by atoms with Crippen LogP contribution in [0, 0.1) is 18.2 Å². The second kappa shape index (κ2) is 5.81. The van der Waals surface area contributed by atoms with E-state index in [1.165, 1.54) is 6.07 Å². The van der Waals surface area contributed by atoms with Crippen LogP contribution in [0.3, 0.4) is 0 Å². The number of carbonyl (C=O) groups is 2. The summed E-state index contributed by atoms with van der Waals surface area (Å²) in [5.74, 6) is -1.53. The average molecular weight is 293 g/mol. The molecule has 5 nitrogen and oxygen atoms in total. The van der Waals surface area contributed by atoms with E-state index in [9.17, 15) is 14.0 Å². The maximum atomic E-state index is 13.8. The summed E-state index contributed by atoms with van der Waals surface area (Å²) in [5, 5.41) is 2.71. The lowest BCUT2D eigenvalue weighted by Gasteiger charge is -2.26. The molecule has 114 valence electrons. The fraction of sp³-hybridized carbons (Fsp3) is 0.467. The van der Waals surface area contributed by atoms with Gasteiger partial charge < -0.3 is 16.8 Å². The molecule has 0 aliphatic heterocycles. The first-order valence-electron chi connectivity index (χ1n) is 7.01. The van der Waals surface area contributed by atoms with Crippen LogP contribution in [0.25, 0.3) is 0 Å². The molecule has 1 aliphatic rings. The first-order valence-corrected chi connectivity index (χ1v) is 7.01. The second-order valence-electron chi connectivity index (χ2n) is 5.64. The number of benzene rings is 1. The van der Waals surface area contributed by atoms with Crippen LogP contribution in [0.1, 0.15) is 41.6 Å². The quantitative estimate of drug-likeness (QED) is 0.787. The number of anilines is 1. The van der Waals surface area contributed by atoms with Crippen molar-refractivity contribution in [3.8, 4) is 0 Å². The smallest absolute Gasteiger partial charge is 0.248 e. The Hall–Kier alpha value is -1.95. The number of nitrogens with two attached hydrogens (primary N) is 2. The van der Waals surface area contributed by atoms with Gasteiger partial charge in [0.1, 0.15) is 5.82 Å². The van der Waals surface area contributed by atoms with Gasteiger partial charge in [0, 0.05) is 23.4 Å². The van der Waals surface area contributed by atoms with Gasteiger partial charge in [0.2, 0.25) is 11.8 Å². The monoisotopic (exact) mass is 293 g/mol. The lowest BCUT2D eigenvalue weighted by atomic mass is 9.85. The van der Waals surface area contributed by atoms with Gasteiger partial charge in [-0.25, -0.2) is 4.39 Å². The van der Waals surface area contributed by atoms with E-state index in [-0.39, 0.29) is 29.3 Å². The van der Waals surface area contributed by atoms with Crippen molar-refractivity contribution in [2.75, 3.05) is 11.9 Å². The Morgan fingerprint density at radius 1 is 1.33 bits per heavy atom. The van der Waals surface area contributed by atoms with Gasteiger partial charge in [-0.05, 0) is 31.9 Å². The number of primary amides is 1. The van der Waals surface area contributed by atoms with Crippen molar-refractivity contribution in [3.63, 3.8) is 0 Å². The first-order chi connectivity index (χ1) is 9.89. The predicted octanol–water partition coefficient (Wildman–Crippen LogP) is 1.69. The maximum Gasteiger partial charge on any atom is 0.248 e. The molecule has 1 aliphatic carbocycles. The molecule has 2 rings (SSSR count). The molecule has 0 heterocycles. The summed E-state index contributed by atoms with van der Waals surface area (Å²) >= 11 is 0. The van der Waals surface area contributed by atoms with Gasteiger partial charge in [-0.1, -0.05) is 12.8 Å². The highest BCUT2D eigenvalue weighted by atomic mass is 19.1. The van der Waals surface area contributed by atoms with Gasteiger partial charge in [-0.2, -0.15) is 0 Å². The molecule has 5 N–H and O–H groups in total. The van der Waals surface area contributed by atoms with Gasteiger partial charge >= 0.3 is 0 Å². The number of halogens is 1. The highest BCUT2D eigenvalue weighted by Crippen LogP contribution is 2.38. The van der Waals surface area contributed by atoms with E-state index in [1.54, 1.807) is 6.92 Å². The van der Waals surface area contributed by atoms with Crippen molar-refractivity contribution in [2.24, 2.45) is 16.9 Å². The first kappa shape index (κ1) is 15.4. The molecule has 0 aromatic heterocycles. The lowest BCUT2D eigenvalue weighted by molar-refractivity contribution is -0.124. The van der Waals surface area contributed by atoms with Gasteiger partial charge in [0.25, 0.3) is 0 Å². The Morgan fingerprint density at radius 3 is 2.48 bits per heavy atom. The zero-order valence-corrected chi connectivity index (χ0v) is 12.0. The SMILES string of the molecule is Cc1c(F)cc(C(N)=O)cc1NC(=O)C1(CN)CCCC1. The Balaban J connectivity index is 2.30. The van der Waals surface area contributed by atoms with Crippen LogP contribution in [-0.4, -0.2) is 18.4 Å². The van der Waals surface area contributed by atoms with Crippen LogP contribution in [0.5, 0.6) is 0 Å². The fourth-order valence-electron chi connectivity index (χ4n) is 2.78. The highest BCUT2D eigenvalue weighted by molar-refractivity contribution is 5.99. The van der Waals surface area contributed by atoms with Crippen molar-refractivity contribution in [1.82, 2.24) is 0 Å². The predicted molar refractivity (Wildman–Crippen MR) is 78.2 cm³/mol. The average Bonchev–Trinajstić information content (AvgIpc) is 2.93. The zero-order valence-electron chi connectivity index (χ0n) is 12.0. The molecule has 0 spiro atoms. The van der Waals surface area contributed by atoms with E-state index < -0.39 is 17.1 Å². The Bertz CT molecular complexity index is 581. The van der Waals surface area contributed by atoms with Gasteiger partial charge in [-0.15, -0.1) is 0 Å². The topological polar surface area (TPSA) is 98.2 Å². The number of hydrogen-bond donors (Lipinski definition) is 3. The van der Waals surface area contributed by atoms with Crippen LogP contribution in [0.15, 0.2) is 12.1 Å². The molecule has 21 heavy (non-hydrogen) atoms. The summed E-state index contributed by atoms with van der Waals surface area (Å²) in [6.45, 7) is 1.80. The number of hydrogen-bond acceptors (Lipinski definition) is 3. The summed E-state index contributed by atoms with van der Waals surface area (Å²) in [6.07, 6.45) is 3.37. The normalized spacial score (nSPS) is 16.7. The molecule has 0 unspecified atom stereocenters. The van der Waals surface area contributed by atoms with E-state index >= 15 is 0 Å². The Kier molecular flexibility index (Phi) is 4.27. The molecular formula is C15H20FN3O2. The van der Waals surface area contributed by atoms with Crippen LogP contribution in [0.4, 0.5) is 10.1 Å². The number of carbonyl (C=O) groups excluding carboxylic acids is 2. The van der Waals surface area contributed by atoms with E-state index in [0.717, 1.165) is 31.7 Å². The summed E-state index contributed by atoms with van der Waals surface area (Å²) in [7, 11) is 0. The zero-order chi connectivity index (χ0) is 15.6. The van der Waals surface area contributed by atoms with E-state index in [2.05, 4.69) is 5.32 Å². The standard InChI is InChI=1S/C15H20FN3O2/c1-9-11(16)6-10(13(18)20)7-12(9)19-14(21)15(8-17)4-2-3-5-15/h6-7H,2-5,8,17H2,1H3,(H2,18,20)(H,19,21). The molecule has 0 atom stereocenters. The minimum absolute atomic E-state index is 0.0293. The third-order valence-electron chi connectivity index (χ3n) is 4.31. The summed E-state index contributed by atoms with van der Waals surface area (Å²) < 4.78 is 13.8. The largest absolute Gasteiger partial charge is 0.366 e. The highest BCUT2D eigenvalue weighted by Gasteiger charge is 2.40. The minimum Gasteiger partial charge on any atom is -0.366 e. The summed E-state index contributed by atoms with van der Waals surface area (Å²) in [5.41, 5.74) is 10.9. The Morgan fingerprint density at radius 2 is 1.95 bits per heavy atom. The van der Waals surface area contributed by atoms with E-state index in [4.69, 9.17) is 11.5 Å². The molecular weight excluding hydrogens is 273 g/mol. The Labute approximate surface area is 122 Å². The van der Waals surface area contributed by atoms with Crippen molar-refractivity contribution in [2.45, 2.75) is 32.6 Å². The van der Waals surface area contributed by atoms with Gasteiger partial charge in [-0.3, -0.25) is 9.59 Å². The fourth-order valence-corrected chi connectivity index (χ4v) is 2.78. The maximum absolute atomic E-state index is 13.8. The summed E-state index contributed by atoms with van der Waals surface area (Å²) in [4.78, 5) is 23.7. The molecule has 1 aromatic carbocycles. The molecule has 6 heteroatoms. The van der Waals surface area contributed by atoms with E-state index in [1.807, 2.05) is 0 Å². The van der Waals surface area contributed by atoms with Gasteiger partial charge in [0.15, 0.2) is 0 Å². The second-order valence-corrected chi connectivity index (χ2v) is 5.64. The molecule has 0 bridgehead atoms. The third kappa shape index (κ3) is 2.90. The number of amides is 2. The van der Waals surface area contributed by atoms with E-state index in [0.29, 0.717) is 0 Å². The van der Waals surface area contributed by atoms with Gasteiger partial charge in [0.05, 0.1) is 5.41 Å². The molecule has 2 amide bonds. The van der Waals surface area contributed by atoms with Crippen LogP contribution < -0.4 is 16.8 Å². The van der Waals surface area contributed by atoms with Crippen molar-refractivity contribution >= 4 is 17.5 Å². The van der Waals surface area contributed by atoms with Crippen molar-refractivity contribution in [1.29, 1.82) is 0 Å². The van der Waals surface area contributed by atoms with Crippen molar-refractivity contribution < 1.29 is 14.0 Å². The third-order valence-corrected chi connectivity index (χ3v) is 4.31. The van der Waals surface area contributed by atoms with Crippen LogP contribution >= 0.6 is 0 Å². The molecule has 0 radical (unpaired) electrons. The van der Waals surface area contributed by atoms with Crippen LogP contribution in [-0.2, 0) is 4.79 Å². The minimum atomic E-state index is -0.737.